The maximum Gasteiger partial charge on any atom is 0.270 e. The van der Waals surface area contributed by atoms with Gasteiger partial charge >= 0.3 is 0 Å². The summed E-state index contributed by atoms with van der Waals surface area (Å²) in [6.07, 6.45) is 8.28. The number of nitrogens with one attached hydrogen (secondary N) is 1. The van der Waals surface area contributed by atoms with E-state index in [1.165, 1.54) is 18.3 Å². The van der Waals surface area contributed by atoms with Crippen LogP contribution >= 0.6 is 0 Å². The van der Waals surface area contributed by atoms with Crippen molar-refractivity contribution >= 4 is 11.6 Å². The number of hydrogen-bond donors (Lipinski definition) is 1. The summed E-state index contributed by atoms with van der Waals surface area (Å²) in [5.74, 6) is -1.31. The molecule has 3 rings (SSSR count). The van der Waals surface area contributed by atoms with E-state index in [0.29, 0.717) is 5.70 Å². The minimum absolute atomic E-state index is 0.0265. The lowest BCUT2D eigenvalue weighted by Gasteiger charge is -2.24. The molecule has 0 fully saturated rings. The minimum atomic E-state index is -0.512. The molecule has 5 nitrogen and oxygen atoms in total. The van der Waals surface area contributed by atoms with Crippen LogP contribution in [0.5, 0.6) is 0 Å². The number of aromatic nitrogens is 3. The van der Waals surface area contributed by atoms with Crippen molar-refractivity contribution in [1.29, 1.82) is 0 Å². The van der Waals surface area contributed by atoms with Crippen molar-refractivity contribution in [3.8, 4) is 0 Å². The topological polar surface area (TPSA) is 59.8 Å². The third-order valence-electron chi connectivity index (χ3n) is 4.44. The second-order valence-electron chi connectivity index (χ2n) is 6.05. The number of hydrogen-bond acceptors (Lipinski definition) is 3. The molecular formula is C19H20F2N4O. The van der Waals surface area contributed by atoms with Crippen LogP contribution in [0.25, 0.3) is 5.70 Å². The lowest BCUT2D eigenvalue weighted by molar-refractivity contribution is 0.0927. The van der Waals surface area contributed by atoms with Crippen LogP contribution in [0.2, 0.25) is 0 Å². The molecule has 0 aliphatic heterocycles. The summed E-state index contributed by atoms with van der Waals surface area (Å²) < 4.78 is 29.0. The van der Waals surface area contributed by atoms with E-state index >= 15 is 0 Å². The molecule has 26 heavy (non-hydrogen) atoms. The van der Waals surface area contributed by atoms with E-state index in [1.54, 1.807) is 30.8 Å². The maximum absolute atomic E-state index is 14.1. The van der Waals surface area contributed by atoms with E-state index < -0.39 is 11.7 Å². The number of carbonyl (C=O) groups is 1. The van der Waals surface area contributed by atoms with Gasteiger partial charge in [-0.1, -0.05) is 6.08 Å². The zero-order valence-corrected chi connectivity index (χ0v) is 14.7. The van der Waals surface area contributed by atoms with Gasteiger partial charge in [0.25, 0.3) is 5.91 Å². The lowest BCUT2D eigenvalue weighted by Crippen LogP contribution is -2.31. The number of amides is 1. The van der Waals surface area contributed by atoms with Gasteiger partial charge in [-0.15, -0.1) is 0 Å². The van der Waals surface area contributed by atoms with Crippen LogP contribution in [-0.4, -0.2) is 20.7 Å². The third kappa shape index (κ3) is 3.42. The van der Waals surface area contributed by atoms with Gasteiger partial charge in [-0.2, -0.15) is 5.10 Å². The summed E-state index contributed by atoms with van der Waals surface area (Å²) in [6, 6.07) is 2.02. The Kier molecular flexibility index (Phi) is 5.25. The van der Waals surface area contributed by atoms with Crippen molar-refractivity contribution in [3.05, 3.63) is 65.3 Å². The average Bonchev–Trinajstić information content (AvgIpc) is 3.07. The van der Waals surface area contributed by atoms with Gasteiger partial charge in [0.15, 0.2) is 0 Å². The maximum atomic E-state index is 14.1. The molecule has 1 aliphatic rings. The van der Waals surface area contributed by atoms with Gasteiger partial charge in [0.2, 0.25) is 0 Å². The molecule has 1 amide bonds. The Labute approximate surface area is 150 Å². The van der Waals surface area contributed by atoms with E-state index in [0.717, 1.165) is 36.6 Å². The molecule has 0 unspecified atom stereocenters. The first-order chi connectivity index (χ1) is 12.5. The number of nitrogens with zero attached hydrogens (tertiary/aromatic N) is 3. The van der Waals surface area contributed by atoms with E-state index in [2.05, 4.69) is 15.4 Å². The lowest BCUT2D eigenvalue weighted by atomic mass is 9.92. The third-order valence-corrected chi connectivity index (χ3v) is 4.44. The molecule has 2 heterocycles. The average molecular weight is 358 g/mol. The quantitative estimate of drug-likeness (QED) is 0.842. The SMILES string of the molecule is C/C=C(F)\C(=C/C)n1ncc2c1CCC[C@H]2NC(=O)c1cc(F)ccn1. The number of fused-ring (bicyclic) bond motifs is 1. The van der Waals surface area contributed by atoms with Crippen LogP contribution in [0.3, 0.4) is 0 Å². The Hall–Kier alpha value is -2.83. The van der Waals surface area contributed by atoms with Crippen LogP contribution in [-0.2, 0) is 6.42 Å². The van der Waals surface area contributed by atoms with Crippen molar-refractivity contribution in [2.45, 2.75) is 39.2 Å². The van der Waals surface area contributed by atoms with E-state index in [-0.39, 0.29) is 17.6 Å². The highest BCUT2D eigenvalue weighted by Crippen LogP contribution is 2.32. The highest BCUT2D eigenvalue weighted by Gasteiger charge is 2.27. The second-order valence-corrected chi connectivity index (χ2v) is 6.05. The van der Waals surface area contributed by atoms with Gasteiger partial charge in [0.1, 0.15) is 17.3 Å². The van der Waals surface area contributed by atoms with Crippen LogP contribution in [0, 0.1) is 5.82 Å². The van der Waals surface area contributed by atoms with Crippen LogP contribution < -0.4 is 5.32 Å². The standard InChI is InChI=1S/C19H20F2N4O/c1-3-14(21)17(4-2)25-18-7-5-6-15(13(18)11-23-25)24-19(26)16-10-12(20)8-9-22-16/h3-4,8-11,15H,5-7H2,1-2H3,(H,24,26)/b14-3+,17-4+/t15-/m1/s1. The Morgan fingerprint density at radius 3 is 2.88 bits per heavy atom. The Morgan fingerprint density at radius 2 is 2.19 bits per heavy atom. The minimum Gasteiger partial charge on any atom is -0.344 e. The predicted molar refractivity (Wildman–Crippen MR) is 94.4 cm³/mol. The van der Waals surface area contributed by atoms with Crippen molar-refractivity contribution in [2.24, 2.45) is 0 Å². The Morgan fingerprint density at radius 1 is 1.38 bits per heavy atom. The van der Waals surface area contributed by atoms with Gasteiger partial charge in [-0.25, -0.2) is 13.5 Å². The molecule has 0 bridgehead atoms. The van der Waals surface area contributed by atoms with Crippen molar-refractivity contribution in [1.82, 2.24) is 20.1 Å². The molecule has 7 heteroatoms. The molecular weight excluding hydrogens is 338 g/mol. The van der Waals surface area contributed by atoms with Crippen LogP contribution in [0.4, 0.5) is 8.78 Å². The number of carbonyl (C=O) groups excluding carboxylic acids is 1. The summed E-state index contributed by atoms with van der Waals surface area (Å²) in [5, 5.41) is 7.21. The second kappa shape index (κ2) is 7.59. The number of pyridine rings is 1. The predicted octanol–water partition coefficient (Wildman–Crippen LogP) is 3.96. The number of rotatable bonds is 4. The van der Waals surface area contributed by atoms with Crippen molar-refractivity contribution < 1.29 is 13.6 Å². The summed E-state index contributed by atoms with van der Waals surface area (Å²) in [4.78, 5) is 16.3. The Balaban J connectivity index is 1.87. The number of halogens is 2. The van der Waals surface area contributed by atoms with Gasteiger partial charge in [0, 0.05) is 23.5 Å². The molecule has 2 aromatic rings. The molecule has 0 saturated heterocycles. The summed E-state index contributed by atoms with van der Waals surface area (Å²) in [5.41, 5.74) is 2.13. The smallest absolute Gasteiger partial charge is 0.270 e. The highest BCUT2D eigenvalue weighted by molar-refractivity contribution is 5.92. The van der Waals surface area contributed by atoms with Gasteiger partial charge in [-0.05, 0) is 45.3 Å². The van der Waals surface area contributed by atoms with Crippen molar-refractivity contribution in [3.63, 3.8) is 0 Å². The van der Waals surface area contributed by atoms with E-state index in [1.807, 2.05) is 0 Å². The highest BCUT2D eigenvalue weighted by atomic mass is 19.1. The fourth-order valence-corrected chi connectivity index (χ4v) is 3.18. The van der Waals surface area contributed by atoms with Crippen LogP contribution in [0.15, 0.2) is 42.5 Å². The summed E-state index contributed by atoms with van der Waals surface area (Å²) in [6.45, 7) is 3.38. The molecule has 1 N–H and O–H groups in total. The zero-order chi connectivity index (χ0) is 18.7. The molecule has 2 aromatic heterocycles. The monoisotopic (exact) mass is 358 g/mol. The molecule has 136 valence electrons. The van der Waals surface area contributed by atoms with Gasteiger partial charge in [-0.3, -0.25) is 9.78 Å². The van der Waals surface area contributed by atoms with Crippen molar-refractivity contribution in [2.75, 3.05) is 0 Å². The normalized spacial score (nSPS) is 17.8. The Bertz CT molecular complexity index is 885. The van der Waals surface area contributed by atoms with E-state index in [9.17, 15) is 13.6 Å². The largest absolute Gasteiger partial charge is 0.344 e. The first-order valence-electron chi connectivity index (χ1n) is 8.53. The van der Waals surface area contributed by atoms with Gasteiger partial charge in [0.05, 0.1) is 17.9 Å². The van der Waals surface area contributed by atoms with Crippen LogP contribution in [0.1, 0.15) is 54.5 Å². The zero-order valence-electron chi connectivity index (χ0n) is 14.7. The molecule has 0 radical (unpaired) electrons. The van der Waals surface area contributed by atoms with Gasteiger partial charge < -0.3 is 5.32 Å². The molecule has 1 atom stereocenters. The first-order valence-corrected chi connectivity index (χ1v) is 8.53. The molecule has 0 spiro atoms. The first kappa shape index (κ1) is 18.0. The van der Waals surface area contributed by atoms with E-state index in [4.69, 9.17) is 0 Å². The molecule has 0 saturated carbocycles. The fraction of sp³-hybridized carbons (Fsp3) is 0.316. The number of allylic oxidation sites excluding steroid dienone is 4. The summed E-state index contributed by atoms with van der Waals surface area (Å²) >= 11 is 0. The molecule has 1 aliphatic carbocycles. The molecule has 0 aromatic carbocycles. The summed E-state index contributed by atoms with van der Waals surface area (Å²) in [7, 11) is 0. The fourth-order valence-electron chi connectivity index (χ4n) is 3.18.